The molecule has 0 saturated carbocycles. The van der Waals surface area contributed by atoms with Gasteiger partial charge in [-0.1, -0.05) is 0 Å². The molecular formula is C14H21N3O3. The van der Waals surface area contributed by atoms with E-state index < -0.39 is 5.97 Å². The highest BCUT2D eigenvalue weighted by Gasteiger charge is 2.18. The summed E-state index contributed by atoms with van der Waals surface area (Å²) in [6.07, 6.45) is 0.930. The fourth-order valence-corrected chi connectivity index (χ4v) is 2.46. The molecule has 0 aromatic carbocycles. The number of pyridine rings is 1. The second-order valence-electron chi connectivity index (χ2n) is 5.22. The predicted molar refractivity (Wildman–Crippen MR) is 74.6 cm³/mol. The molecule has 1 fully saturated rings. The molecule has 6 nitrogen and oxygen atoms in total. The van der Waals surface area contributed by atoms with E-state index in [9.17, 15) is 9.90 Å². The van der Waals surface area contributed by atoms with Crippen LogP contribution in [0.3, 0.4) is 0 Å². The number of aromatic nitrogens is 1. The summed E-state index contributed by atoms with van der Waals surface area (Å²) in [5, 5.41) is 18.7. The van der Waals surface area contributed by atoms with Crippen LogP contribution in [0.1, 0.15) is 17.8 Å². The van der Waals surface area contributed by atoms with Crippen LogP contribution in [0.15, 0.2) is 12.1 Å². The molecule has 1 aliphatic rings. The Labute approximate surface area is 118 Å². The number of carboxylic acid groups (broad SMARTS) is 1. The first-order chi connectivity index (χ1) is 9.54. The third-order valence-corrected chi connectivity index (χ3v) is 3.50. The van der Waals surface area contributed by atoms with Crippen molar-refractivity contribution >= 4 is 5.97 Å². The lowest BCUT2D eigenvalue weighted by molar-refractivity contribution is -0.138. The van der Waals surface area contributed by atoms with Gasteiger partial charge >= 0.3 is 5.97 Å². The van der Waals surface area contributed by atoms with Gasteiger partial charge in [-0.05, 0) is 32.0 Å². The van der Waals surface area contributed by atoms with Crippen LogP contribution in [-0.4, -0.2) is 63.7 Å². The van der Waals surface area contributed by atoms with E-state index in [1.807, 2.05) is 11.8 Å². The first-order valence-electron chi connectivity index (χ1n) is 6.86. The van der Waals surface area contributed by atoms with Gasteiger partial charge in [0, 0.05) is 31.9 Å². The van der Waals surface area contributed by atoms with Crippen LogP contribution < -0.4 is 0 Å². The van der Waals surface area contributed by atoms with Gasteiger partial charge < -0.3 is 10.2 Å². The minimum Gasteiger partial charge on any atom is -0.506 e. The molecule has 0 unspecified atom stereocenters. The van der Waals surface area contributed by atoms with Gasteiger partial charge in [-0.2, -0.15) is 0 Å². The van der Waals surface area contributed by atoms with E-state index in [1.165, 1.54) is 0 Å². The van der Waals surface area contributed by atoms with Crippen molar-refractivity contribution < 1.29 is 15.0 Å². The number of carboxylic acids is 1. The van der Waals surface area contributed by atoms with Crippen molar-refractivity contribution in [3.8, 4) is 5.75 Å². The third-order valence-electron chi connectivity index (χ3n) is 3.50. The fraction of sp³-hybridized carbons (Fsp3) is 0.571. The molecule has 0 aliphatic carbocycles. The highest BCUT2D eigenvalue weighted by Crippen LogP contribution is 2.17. The van der Waals surface area contributed by atoms with Crippen molar-refractivity contribution in [2.75, 3.05) is 32.7 Å². The molecule has 0 bridgehead atoms. The number of carbonyl (C=O) groups is 1. The molecule has 6 heteroatoms. The maximum absolute atomic E-state index is 10.7. The Bertz CT molecular complexity index is 479. The second kappa shape index (κ2) is 6.67. The number of hydrogen-bond donors (Lipinski definition) is 2. The molecule has 0 radical (unpaired) electrons. The first-order valence-corrected chi connectivity index (χ1v) is 6.86. The maximum Gasteiger partial charge on any atom is 0.317 e. The highest BCUT2D eigenvalue weighted by molar-refractivity contribution is 5.69. The molecule has 20 heavy (non-hydrogen) atoms. The number of aliphatic carboxylic acids is 1. The van der Waals surface area contributed by atoms with Gasteiger partial charge in [-0.25, -0.2) is 0 Å². The molecule has 0 spiro atoms. The van der Waals surface area contributed by atoms with E-state index in [0.717, 1.165) is 38.3 Å². The average Bonchev–Trinajstić information content (AvgIpc) is 2.59. The monoisotopic (exact) mass is 279 g/mol. The average molecular weight is 279 g/mol. The molecule has 2 heterocycles. The molecule has 1 aromatic heterocycles. The Morgan fingerprint density at radius 3 is 2.70 bits per heavy atom. The molecule has 2 N–H and O–H groups in total. The molecule has 110 valence electrons. The van der Waals surface area contributed by atoms with Crippen LogP contribution >= 0.6 is 0 Å². The van der Waals surface area contributed by atoms with E-state index in [1.54, 1.807) is 12.1 Å². The summed E-state index contributed by atoms with van der Waals surface area (Å²) in [5.74, 6) is -0.557. The molecule has 0 amide bonds. The van der Waals surface area contributed by atoms with E-state index in [0.29, 0.717) is 12.2 Å². The van der Waals surface area contributed by atoms with E-state index in [4.69, 9.17) is 5.11 Å². The molecular weight excluding hydrogens is 258 g/mol. The minimum absolute atomic E-state index is 0.0990. The normalized spacial score (nSPS) is 17.9. The smallest absolute Gasteiger partial charge is 0.317 e. The van der Waals surface area contributed by atoms with E-state index in [-0.39, 0.29) is 12.3 Å². The van der Waals surface area contributed by atoms with Crippen molar-refractivity contribution in [3.63, 3.8) is 0 Å². The number of nitrogens with zero attached hydrogens (tertiary/aromatic N) is 3. The van der Waals surface area contributed by atoms with Crippen molar-refractivity contribution in [1.29, 1.82) is 0 Å². The largest absolute Gasteiger partial charge is 0.506 e. The van der Waals surface area contributed by atoms with Crippen molar-refractivity contribution in [1.82, 2.24) is 14.8 Å². The first kappa shape index (κ1) is 14.7. The lowest BCUT2D eigenvalue weighted by Gasteiger charge is -2.20. The summed E-state index contributed by atoms with van der Waals surface area (Å²) in [4.78, 5) is 19.3. The Hall–Kier alpha value is -1.66. The molecule has 2 rings (SSSR count). The SMILES string of the molecule is Cc1ccc(O)c(CN2CCCN(CC(=O)O)CC2)n1. The second-order valence-corrected chi connectivity index (χ2v) is 5.22. The van der Waals surface area contributed by atoms with Gasteiger partial charge in [0.25, 0.3) is 0 Å². The van der Waals surface area contributed by atoms with E-state index in [2.05, 4.69) is 9.88 Å². The van der Waals surface area contributed by atoms with Gasteiger partial charge in [-0.15, -0.1) is 0 Å². The highest BCUT2D eigenvalue weighted by atomic mass is 16.4. The lowest BCUT2D eigenvalue weighted by Crippen LogP contribution is -2.34. The van der Waals surface area contributed by atoms with Gasteiger partial charge in [0.2, 0.25) is 0 Å². The summed E-state index contributed by atoms with van der Waals surface area (Å²) in [6.45, 7) is 5.83. The van der Waals surface area contributed by atoms with Crippen LogP contribution in [0, 0.1) is 6.92 Å². The standard InChI is InChI=1S/C14H21N3O3/c1-11-3-4-13(18)12(15-11)9-16-5-2-6-17(8-7-16)10-14(19)20/h3-4,18H,2,5-10H2,1H3,(H,19,20). The number of aromatic hydroxyl groups is 1. The number of rotatable bonds is 4. The van der Waals surface area contributed by atoms with Crippen LogP contribution in [0.25, 0.3) is 0 Å². The maximum atomic E-state index is 10.7. The zero-order chi connectivity index (χ0) is 14.5. The van der Waals surface area contributed by atoms with Crippen molar-refractivity contribution in [2.45, 2.75) is 19.9 Å². The van der Waals surface area contributed by atoms with Gasteiger partial charge in [0.15, 0.2) is 0 Å². The summed E-state index contributed by atoms with van der Waals surface area (Å²) >= 11 is 0. The van der Waals surface area contributed by atoms with Gasteiger partial charge in [0.05, 0.1) is 12.2 Å². The summed E-state index contributed by atoms with van der Waals surface area (Å²) in [5.41, 5.74) is 1.58. The van der Waals surface area contributed by atoms with Crippen molar-refractivity contribution in [2.24, 2.45) is 0 Å². The van der Waals surface area contributed by atoms with Crippen LogP contribution in [0.2, 0.25) is 0 Å². The zero-order valence-electron chi connectivity index (χ0n) is 11.7. The third kappa shape index (κ3) is 4.18. The Kier molecular flexibility index (Phi) is 4.92. The predicted octanol–water partition coefficient (Wildman–Crippen LogP) is 0.688. The summed E-state index contributed by atoms with van der Waals surface area (Å²) in [7, 11) is 0. The van der Waals surface area contributed by atoms with Crippen LogP contribution in [0.5, 0.6) is 5.75 Å². The topological polar surface area (TPSA) is 76.9 Å². The molecule has 0 atom stereocenters. The summed E-state index contributed by atoms with van der Waals surface area (Å²) in [6, 6.07) is 3.46. The number of hydrogen-bond acceptors (Lipinski definition) is 5. The zero-order valence-corrected chi connectivity index (χ0v) is 11.7. The van der Waals surface area contributed by atoms with Gasteiger partial charge in [0.1, 0.15) is 5.75 Å². The van der Waals surface area contributed by atoms with Gasteiger partial charge in [-0.3, -0.25) is 19.6 Å². The Balaban J connectivity index is 1.94. The van der Waals surface area contributed by atoms with Crippen LogP contribution in [-0.2, 0) is 11.3 Å². The lowest BCUT2D eigenvalue weighted by atomic mass is 10.2. The molecule has 1 aromatic rings. The Morgan fingerprint density at radius 2 is 1.95 bits per heavy atom. The quantitative estimate of drug-likeness (QED) is 0.844. The Morgan fingerprint density at radius 1 is 1.25 bits per heavy atom. The van der Waals surface area contributed by atoms with Crippen molar-refractivity contribution in [3.05, 3.63) is 23.5 Å². The van der Waals surface area contributed by atoms with Crippen LogP contribution in [0.4, 0.5) is 0 Å². The molecule has 1 saturated heterocycles. The summed E-state index contributed by atoms with van der Waals surface area (Å²) < 4.78 is 0. The minimum atomic E-state index is -0.781. The fourth-order valence-electron chi connectivity index (χ4n) is 2.46. The molecule has 1 aliphatic heterocycles. The van der Waals surface area contributed by atoms with E-state index >= 15 is 0 Å². The number of aryl methyl sites for hydroxylation is 1.